The predicted octanol–water partition coefficient (Wildman–Crippen LogP) is -0.0233. The van der Waals surface area contributed by atoms with Gasteiger partial charge in [0.25, 0.3) is 0 Å². The molecule has 0 aromatic heterocycles. The van der Waals surface area contributed by atoms with Crippen molar-refractivity contribution < 1.29 is 5.11 Å². The minimum Gasteiger partial charge on any atom is -0.391 e. The highest BCUT2D eigenvalue weighted by Gasteiger charge is 2.22. The lowest BCUT2D eigenvalue weighted by Gasteiger charge is -2.07. The van der Waals surface area contributed by atoms with Crippen LogP contribution in [0.1, 0.15) is 13.3 Å². The van der Waals surface area contributed by atoms with E-state index in [1.165, 1.54) is 0 Å². The third-order valence-electron chi connectivity index (χ3n) is 1.83. The summed E-state index contributed by atoms with van der Waals surface area (Å²) in [7, 11) is 0. The normalized spacial score (nSPS) is 38.2. The van der Waals surface area contributed by atoms with Crippen molar-refractivity contribution in [3.05, 3.63) is 0 Å². The van der Waals surface area contributed by atoms with Crippen LogP contribution in [0.4, 0.5) is 0 Å². The lowest BCUT2D eigenvalue weighted by Crippen LogP contribution is -2.16. The molecule has 1 fully saturated rings. The van der Waals surface area contributed by atoms with Gasteiger partial charge in [-0.05, 0) is 12.3 Å². The van der Waals surface area contributed by atoms with Crippen LogP contribution in [0, 0.1) is 5.92 Å². The number of hydrogen-bond donors (Lipinski definition) is 2. The van der Waals surface area contributed by atoms with Gasteiger partial charge in [0, 0.05) is 13.1 Å². The molecule has 1 aliphatic heterocycles. The van der Waals surface area contributed by atoms with Gasteiger partial charge < -0.3 is 10.4 Å². The van der Waals surface area contributed by atoms with Crippen molar-refractivity contribution in [2.24, 2.45) is 5.92 Å². The van der Waals surface area contributed by atoms with Crippen LogP contribution < -0.4 is 5.32 Å². The first-order valence-electron chi connectivity index (χ1n) is 3.23. The van der Waals surface area contributed by atoms with Gasteiger partial charge in [0.05, 0.1) is 6.10 Å². The molecular weight excluding hydrogens is 102 g/mol. The minimum atomic E-state index is -0.0833. The summed E-state index contributed by atoms with van der Waals surface area (Å²) >= 11 is 0. The first-order valence-corrected chi connectivity index (χ1v) is 3.23. The highest BCUT2D eigenvalue weighted by molar-refractivity contribution is 4.78. The zero-order valence-electron chi connectivity index (χ0n) is 5.22. The Balaban J connectivity index is 2.30. The van der Waals surface area contributed by atoms with Gasteiger partial charge >= 0.3 is 0 Å². The third kappa shape index (κ3) is 1.01. The van der Waals surface area contributed by atoms with E-state index < -0.39 is 0 Å². The average molecular weight is 115 g/mol. The molecule has 48 valence electrons. The van der Waals surface area contributed by atoms with Crippen LogP contribution >= 0.6 is 0 Å². The van der Waals surface area contributed by atoms with Crippen molar-refractivity contribution in [1.82, 2.24) is 5.32 Å². The summed E-state index contributed by atoms with van der Waals surface area (Å²) < 4.78 is 0. The van der Waals surface area contributed by atoms with Crippen LogP contribution in [0.2, 0.25) is 0 Å². The highest BCUT2D eigenvalue weighted by Crippen LogP contribution is 2.11. The minimum absolute atomic E-state index is 0.0833. The van der Waals surface area contributed by atoms with Crippen LogP contribution in [0.15, 0.2) is 0 Å². The first-order chi connectivity index (χ1) is 3.84. The highest BCUT2D eigenvalue weighted by atomic mass is 16.3. The van der Waals surface area contributed by atoms with Crippen LogP contribution in [-0.2, 0) is 0 Å². The Morgan fingerprint density at radius 3 is 2.62 bits per heavy atom. The fourth-order valence-corrected chi connectivity index (χ4v) is 1.14. The molecule has 0 bridgehead atoms. The van der Waals surface area contributed by atoms with Gasteiger partial charge in [0.15, 0.2) is 0 Å². The molecule has 0 saturated carbocycles. The Labute approximate surface area is 49.9 Å². The zero-order valence-corrected chi connectivity index (χ0v) is 5.22. The molecule has 2 N–H and O–H groups in total. The molecule has 2 atom stereocenters. The second-order valence-corrected chi connectivity index (χ2v) is 2.39. The third-order valence-corrected chi connectivity index (χ3v) is 1.83. The number of β-amino-alcohol motifs (C(OH)–C–C–N with tert-alkyl or cyclic N) is 1. The van der Waals surface area contributed by atoms with E-state index >= 15 is 0 Å². The quantitative estimate of drug-likeness (QED) is 0.503. The van der Waals surface area contributed by atoms with Crippen LogP contribution in [0.5, 0.6) is 0 Å². The lowest BCUT2D eigenvalue weighted by atomic mass is 10.0. The van der Waals surface area contributed by atoms with Gasteiger partial charge in [0.1, 0.15) is 0 Å². The Hall–Kier alpha value is -0.0800. The average Bonchev–Trinajstić information content (AvgIpc) is 2.14. The van der Waals surface area contributed by atoms with Crippen molar-refractivity contribution in [3.63, 3.8) is 0 Å². The molecule has 0 spiro atoms. The fraction of sp³-hybridized carbons (Fsp3) is 1.00. The summed E-state index contributed by atoms with van der Waals surface area (Å²) in [6, 6.07) is 0. The van der Waals surface area contributed by atoms with E-state index in [0.29, 0.717) is 5.92 Å². The molecule has 0 aliphatic carbocycles. The van der Waals surface area contributed by atoms with Crippen LogP contribution in [0.3, 0.4) is 0 Å². The second kappa shape index (κ2) is 2.46. The topological polar surface area (TPSA) is 32.3 Å². The van der Waals surface area contributed by atoms with Gasteiger partial charge in [-0.3, -0.25) is 0 Å². The van der Waals surface area contributed by atoms with E-state index in [1.807, 2.05) is 0 Å². The van der Waals surface area contributed by atoms with Crippen LogP contribution in [0.25, 0.3) is 0 Å². The maximum Gasteiger partial charge on any atom is 0.0704 e. The Morgan fingerprint density at radius 2 is 2.38 bits per heavy atom. The van der Waals surface area contributed by atoms with Gasteiger partial charge in [-0.1, -0.05) is 6.92 Å². The maximum absolute atomic E-state index is 9.13. The number of aliphatic hydroxyl groups is 1. The molecule has 0 aromatic rings. The van der Waals surface area contributed by atoms with E-state index in [1.54, 1.807) is 0 Å². The molecule has 0 aromatic carbocycles. The summed E-state index contributed by atoms with van der Waals surface area (Å²) in [5, 5.41) is 12.2. The Bertz CT molecular complexity index is 74.9. The first kappa shape index (κ1) is 6.05. The SMILES string of the molecule is CC[C@@H]1CNC[C@@H]1O. The molecule has 2 nitrogen and oxygen atoms in total. The van der Waals surface area contributed by atoms with Gasteiger partial charge in [-0.2, -0.15) is 0 Å². The van der Waals surface area contributed by atoms with Gasteiger partial charge in [0.2, 0.25) is 0 Å². The Morgan fingerprint density at radius 1 is 1.62 bits per heavy atom. The number of nitrogens with one attached hydrogen (secondary N) is 1. The smallest absolute Gasteiger partial charge is 0.0704 e. The monoisotopic (exact) mass is 115 g/mol. The van der Waals surface area contributed by atoms with Crippen LogP contribution in [-0.4, -0.2) is 24.3 Å². The molecule has 1 saturated heterocycles. The molecule has 0 unspecified atom stereocenters. The van der Waals surface area contributed by atoms with Crippen molar-refractivity contribution in [3.8, 4) is 0 Å². The molecule has 0 radical (unpaired) electrons. The van der Waals surface area contributed by atoms with E-state index in [9.17, 15) is 0 Å². The van der Waals surface area contributed by atoms with Gasteiger partial charge in [-0.15, -0.1) is 0 Å². The molecule has 0 amide bonds. The van der Waals surface area contributed by atoms with E-state index in [4.69, 9.17) is 5.11 Å². The predicted molar refractivity (Wildman–Crippen MR) is 32.7 cm³/mol. The molecule has 8 heavy (non-hydrogen) atoms. The summed E-state index contributed by atoms with van der Waals surface area (Å²) in [5.41, 5.74) is 0. The number of hydrogen-bond acceptors (Lipinski definition) is 2. The van der Waals surface area contributed by atoms with E-state index in [2.05, 4.69) is 12.2 Å². The zero-order chi connectivity index (χ0) is 5.98. The van der Waals surface area contributed by atoms with Gasteiger partial charge in [-0.25, -0.2) is 0 Å². The molecular formula is C6H13NO. The van der Waals surface area contributed by atoms with E-state index in [0.717, 1.165) is 19.5 Å². The fourth-order valence-electron chi connectivity index (χ4n) is 1.14. The number of aliphatic hydroxyl groups excluding tert-OH is 1. The van der Waals surface area contributed by atoms with Crippen molar-refractivity contribution >= 4 is 0 Å². The second-order valence-electron chi connectivity index (χ2n) is 2.39. The summed E-state index contributed by atoms with van der Waals surface area (Å²) in [6.45, 7) is 3.90. The summed E-state index contributed by atoms with van der Waals surface area (Å²) in [5.74, 6) is 0.509. The standard InChI is InChI=1S/C6H13NO/c1-2-5-3-7-4-6(5)8/h5-8H,2-4H2,1H3/t5-,6+/m1/s1. The summed E-state index contributed by atoms with van der Waals surface area (Å²) in [6.07, 6.45) is 1.01. The molecule has 1 rings (SSSR count). The van der Waals surface area contributed by atoms with Crippen molar-refractivity contribution in [1.29, 1.82) is 0 Å². The molecule has 1 heterocycles. The maximum atomic E-state index is 9.13. The largest absolute Gasteiger partial charge is 0.391 e. The molecule has 1 aliphatic rings. The van der Waals surface area contributed by atoms with E-state index in [-0.39, 0.29) is 6.10 Å². The van der Waals surface area contributed by atoms with Crippen molar-refractivity contribution in [2.45, 2.75) is 19.4 Å². The molecule has 2 heteroatoms. The van der Waals surface area contributed by atoms with Crippen molar-refractivity contribution in [2.75, 3.05) is 13.1 Å². The lowest BCUT2D eigenvalue weighted by molar-refractivity contribution is 0.145. The number of rotatable bonds is 1. The summed E-state index contributed by atoms with van der Waals surface area (Å²) in [4.78, 5) is 0. The Kier molecular flexibility index (Phi) is 1.86.